The fourth-order valence-corrected chi connectivity index (χ4v) is 4.94. The Morgan fingerprint density at radius 2 is 1.74 bits per heavy atom. The molecule has 0 unspecified atom stereocenters. The highest BCUT2D eigenvalue weighted by atomic mass is 35.5. The Morgan fingerprint density at radius 1 is 1.00 bits per heavy atom. The molecule has 2 aromatic carbocycles. The second kappa shape index (κ2) is 9.42. The molecule has 1 saturated heterocycles. The Bertz CT molecular complexity index is 1110. The van der Waals surface area contributed by atoms with Crippen LogP contribution in [0.5, 0.6) is 11.5 Å². The number of hydrogen-bond acceptors (Lipinski definition) is 5. The van der Waals surface area contributed by atoms with Crippen LogP contribution in [-0.4, -0.2) is 47.7 Å². The summed E-state index contributed by atoms with van der Waals surface area (Å²) < 4.78 is 10.6. The molecule has 1 saturated carbocycles. The Kier molecular flexibility index (Phi) is 6.19. The molecule has 2 aromatic rings. The number of nitrogens with zero attached hydrogens (tertiary/aromatic N) is 1. The van der Waals surface area contributed by atoms with Gasteiger partial charge in [-0.25, -0.2) is 4.79 Å². The van der Waals surface area contributed by atoms with E-state index >= 15 is 0 Å². The SMILES string of the molecule is O=C(C[C@H]1C(=O)N[C@H]2CCCC[C@H]2N1C(=O)Nc1ccc(Cl)cc1)Nc1ccc2c(c1)OCO2. The monoisotopic (exact) mass is 484 g/mol. The molecule has 2 heterocycles. The van der Waals surface area contributed by atoms with Crippen molar-refractivity contribution < 1.29 is 23.9 Å². The van der Waals surface area contributed by atoms with Gasteiger partial charge in [0.15, 0.2) is 11.5 Å². The molecule has 34 heavy (non-hydrogen) atoms. The summed E-state index contributed by atoms with van der Waals surface area (Å²) in [4.78, 5) is 40.9. The Labute approximate surface area is 201 Å². The van der Waals surface area contributed by atoms with Gasteiger partial charge in [-0.2, -0.15) is 0 Å². The minimum atomic E-state index is -0.930. The van der Waals surface area contributed by atoms with Crippen LogP contribution in [0, 0.1) is 0 Å². The third-order valence-corrected chi connectivity index (χ3v) is 6.67. The van der Waals surface area contributed by atoms with Gasteiger partial charge in [0.25, 0.3) is 0 Å². The van der Waals surface area contributed by atoms with Gasteiger partial charge in [-0.15, -0.1) is 0 Å². The van der Waals surface area contributed by atoms with E-state index in [4.69, 9.17) is 21.1 Å². The third-order valence-electron chi connectivity index (χ3n) is 6.42. The molecule has 9 nitrogen and oxygen atoms in total. The van der Waals surface area contributed by atoms with Gasteiger partial charge in [-0.1, -0.05) is 24.4 Å². The van der Waals surface area contributed by atoms with Crippen molar-refractivity contribution in [2.75, 3.05) is 17.4 Å². The van der Waals surface area contributed by atoms with Crippen molar-refractivity contribution in [3.05, 3.63) is 47.5 Å². The lowest BCUT2D eigenvalue weighted by Gasteiger charge is -2.47. The van der Waals surface area contributed by atoms with E-state index in [1.165, 1.54) is 0 Å². The zero-order chi connectivity index (χ0) is 23.7. The fourth-order valence-electron chi connectivity index (χ4n) is 4.82. The summed E-state index contributed by atoms with van der Waals surface area (Å²) in [6, 6.07) is 10.2. The first kappa shape index (κ1) is 22.3. The van der Waals surface area contributed by atoms with Crippen LogP contribution in [0.15, 0.2) is 42.5 Å². The Balaban J connectivity index is 1.34. The molecule has 0 bridgehead atoms. The van der Waals surface area contributed by atoms with E-state index in [-0.39, 0.29) is 37.1 Å². The molecule has 178 valence electrons. The highest BCUT2D eigenvalue weighted by Gasteiger charge is 2.46. The molecule has 0 spiro atoms. The normalized spacial score (nSPS) is 23.0. The molecular formula is C24H25ClN4O5. The minimum absolute atomic E-state index is 0.120. The van der Waals surface area contributed by atoms with Crippen molar-refractivity contribution in [1.29, 1.82) is 0 Å². The Morgan fingerprint density at radius 3 is 2.56 bits per heavy atom. The van der Waals surface area contributed by atoms with E-state index in [9.17, 15) is 14.4 Å². The van der Waals surface area contributed by atoms with E-state index in [1.54, 1.807) is 47.4 Å². The van der Waals surface area contributed by atoms with Crippen molar-refractivity contribution in [2.24, 2.45) is 0 Å². The van der Waals surface area contributed by atoms with Gasteiger partial charge in [0.05, 0.1) is 12.5 Å². The van der Waals surface area contributed by atoms with Gasteiger partial charge in [0.2, 0.25) is 18.6 Å². The number of nitrogens with one attached hydrogen (secondary N) is 3. The molecule has 1 aliphatic carbocycles. The lowest BCUT2D eigenvalue weighted by atomic mass is 9.85. The van der Waals surface area contributed by atoms with Crippen molar-refractivity contribution >= 4 is 40.8 Å². The van der Waals surface area contributed by atoms with Crippen LogP contribution in [0.1, 0.15) is 32.1 Å². The lowest BCUT2D eigenvalue weighted by Crippen LogP contribution is -2.68. The van der Waals surface area contributed by atoms with Crippen LogP contribution in [-0.2, 0) is 9.59 Å². The smallest absolute Gasteiger partial charge is 0.322 e. The number of piperazine rings is 1. The maximum Gasteiger partial charge on any atom is 0.322 e. The zero-order valence-corrected chi connectivity index (χ0v) is 19.1. The number of ether oxygens (including phenoxy) is 2. The van der Waals surface area contributed by atoms with E-state index < -0.39 is 12.1 Å². The van der Waals surface area contributed by atoms with Gasteiger partial charge in [-0.05, 0) is 49.2 Å². The van der Waals surface area contributed by atoms with Gasteiger partial charge >= 0.3 is 6.03 Å². The average Bonchev–Trinajstić information content (AvgIpc) is 3.29. The summed E-state index contributed by atoms with van der Waals surface area (Å²) in [6.45, 7) is 0.134. The molecule has 2 fully saturated rings. The summed E-state index contributed by atoms with van der Waals surface area (Å²) in [5.41, 5.74) is 1.09. The van der Waals surface area contributed by atoms with E-state index in [1.807, 2.05) is 0 Å². The summed E-state index contributed by atoms with van der Waals surface area (Å²) >= 11 is 5.95. The Hall–Kier alpha value is -3.46. The highest BCUT2D eigenvalue weighted by molar-refractivity contribution is 6.30. The third kappa shape index (κ3) is 4.61. The number of carbonyl (C=O) groups is 3. The lowest BCUT2D eigenvalue weighted by molar-refractivity contribution is -0.135. The number of halogens is 1. The standard InChI is InChI=1S/C24H25ClN4O5/c25-14-5-7-15(8-6-14)27-24(32)29-18-4-2-1-3-17(18)28-23(31)19(29)12-22(30)26-16-9-10-20-21(11-16)34-13-33-20/h5-11,17-19H,1-4,12-13H2,(H,26,30)(H,27,32)(H,28,31)/t17-,18+,19-/m0/s1. The first-order valence-electron chi connectivity index (χ1n) is 11.3. The molecule has 0 aromatic heterocycles. The number of benzene rings is 2. The number of carbonyl (C=O) groups excluding carboxylic acids is 3. The summed E-state index contributed by atoms with van der Waals surface area (Å²) in [5, 5.41) is 9.25. The number of urea groups is 1. The minimum Gasteiger partial charge on any atom is -0.454 e. The molecule has 5 rings (SSSR count). The van der Waals surface area contributed by atoms with Gasteiger partial charge in [0, 0.05) is 28.5 Å². The van der Waals surface area contributed by atoms with Crippen LogP contribution >= 0.6 is 11.6 Å². The maximum atomic E-state index is 13.4. The molecule has 10 heteroatoms. The van der Waals surface area contributed by atoms with Gasteiger partial charge in [0.1, 0.15) is 6.04 Å². The molecule has 3 aliphatic rings. The number of amides is 4. The van der Waals surface area contributed by atoms with E-state index in [0.717, 1.165) is 25.7 Å². The molecule has 3 atom stereocenters. The topological polar surface area (TPSA) is 109 Å². The highest BCUT2D eigenvalue weighted by Crippen LogP contribution is 2.35. The molecule has 0 radical (unpaired) electrons. The molecule has 4 amide bonds. The fraction of sp³-hybridized carbons (Fsp3) is 0.375. The summed E-state index contributed by atoms with van der Waals surface area (Å²) in [6.07, 6.45) is 3.34. The second-order valence-corrected chi connectivity index (χ2v) is 9.08. The zero-order valence-electron chi connectivity index (χ0n) is 18.4. The first-order chi connectivity index (χ1) is 16.5. The molecule has 3 N–H and O–H groups in total. The predicted octanol–water partition coefficient (Wildman–Crippen LogP) is 3.74. The number of fused-ring (bicyclic) bond motifs is 2. The van der Waals surface area contributed by atoms with Crippen LogP contribution in [0.25, 0.3) is 0 Å². The van der Waals surface area contributed by atoms with Crippen LogP contribution < -0.4 is 25.4 Å². The van der Waals surface area contributed by atoms with E-state index in [0.29, 0.717) is 27.9 Å². The number of anilines is 2. The predicted molar refractivity (Wildman–Crippen MR) is 126 cm³/mol. The second-order valence-electron chi connectivity index (χ2n) is 8.65. The number of hydrogen-bond donors (Lipinski definition) is 3. The van der Waals surface area contributed by atoms with Crippen molar-refractivity contribution in [3.8, 4) is 11.5 Å². The van der Waals surface area contributed by atoms with Gasteiger partial charge in [-0.3, -0.25) is 9.59 Å². The van der Waals surface area contributed by atoms with Crippen molar-refractivity contribution in [1.82, 2.24) is 10.2 Å². The summed E-state index contributed by atoms with van der Waals surface area (Å²) in [5.74, 6) is 0.452. The molecular weight excluding hydrogens is 460 g/mol. The maximum absolute atomic E-state index is 13.4. The molecule has 2 aliphatic heterocycles. The first-order valence-corrected chi connectivity index (χ1v) is 11.7. The van der Waals surface area contributed by atoms with Crippen molar-refractivity contribution in [2.45, 2.75) is 50.2 Å². The van der Waals surface area contributed by atoms with Crippen LogP contribution in [0.3, 0.4) is 0 Å². The van der Waals surface area contributed by atoms with Crippen LogP contribution in [0.4, 0.5) is 16.2 Å². The quantitative estimate of drug-likeness (QED) is 0.612. The van der Waals surface area contributed by atoms with E-state index in [2.05, 4.69) is 16.0 Å². The van der Waals surface area contributed by atoms with Crippen molar-refractivity contribution in [3.63, 3.8) is 0 Å². The largest absolute Gasteiger partial charge is 0.454 e. The van der Waals surface area contributed by atoms with Gasteiger partial charge < -0.3 is 30.3 Å². The summed E-state index contributed by atoms with van der Waals surface area (Å²) in [7, 11) is 0. The van der Waals surface area contributed by atoms with Crippen LogP contribution in [0.2, 0.25) is 5.02 Å². The average molecular weight is 485 g/mol. The number of rotatable bonds is 4.